The molecule has 116 valence electrons. The third kappa shape index (κ3) is 2.82. The van der Waals surface area contributed by atoms with Crippen molar-refractivity contribution in [2.24, 2.45) is 5.92 Å². The van der Waals surface area contributed by atoms with Gasteiger partial charge in [0.2, 0.25) is 0 Å². The van der Waals surface area contributed by atoms with Gasteiger partial charge in [-0.05, 0) is 36.8 Å². The van der Waals surface area contributed by atoms with E-state index >= 15 is 0 Å². The first-order valence-corrected chi connectivity index (χ1v) is 7.54. The zero-order chi connectivity index (χ0) is 15.7. The van der Waals surface area contributed by atoms with Gasteiger partial charge >= 0.3 is 0 Å². The van der Waals surface area contributed by atoms with E-state index in [-0.39, 0.29) is 16.2 Å². The Labute approximate surface area is 132 Å². The third-order valence-electron chi connectivity index (χ3n) is 3.96. The molecular formula is C15H17N3O3S. The molecular weight excluding hydrogens is 302 g/mol. The number of carbonyl (C=O) groups excluding carboxylic acids is 1. The van der Waals surface area contributed by atoms with E-state index in [1.165, 1.54) is 0 Å². The molecule has 1 atom stereocenters. The Morgan fingerprint density at radius 2 is 2.27 bits per heavy atom. The van der Waals surface area contributed by atoms with Gasteiger partial charge < -0.3 is 14.6 Å². The molecule has 2 aromatic rings. The summed E-state index contributed by atoms with van der Waals surface area (Å²) >= 11 is 4.97. The number of aromatic amines is 2. The standard InChI is InChI=1S/C15H17N3O3S/c1-21-8-9-4-5-18(7-9)14(20)10-2-3-11-12(6-10)16-15(22)17-13(11)19/h2-3,6,9H,4-5,7-8H2,1H3,(H2,16,17,19,22). The van der Waals surface area contributed by atoms with Gasteiger partial charge in [-0.3, -0.25) is 14.6 Å². The van der Waals surface area contributed by atoms with Crippen molar-refractivity contribution in [3.8, 4) is 0 Å². The molecule has 7 heteroatoms. The number of benzene rings is 1. The number of H-pyrrole nitrogens is 2. The Morgan fingerprint density at radius 1 is 1.45 bits per heavy atom. The molecule has 1 aliphatic rings. The number of amides is 1. The van der Waals surface area contributed by atoms with Gasteiger partial charge in [0.15, 0.2) is 4.77 Å². The topological polar surface area (TPSA) is 78.2 Å². The van der Waals surface area contributed by atoms with Crippen LogP contribution in [0.3, 0.4) is 0 Å². The van der Waals surface area contributed by atoms with Crippen LogP contribution in [0.25, 0.3) is 10.9 Å². The maximum atomic E-state index is 12.6. The first-order valence-electron chi connectivity index (χ1n) is 7.13. The molecule has 3 rings (SSSR count). The van der Waals surface area contributed by atoms with E-state index in [0.717, 1.165) is 13.0 Å². The monoisotopic (exact) mass is 319 g/mol. The minimum Gasteiger partial charge on any atom is -0.384 e. The number of nitrogens with zero attached hydrogens (tertiary/aromatic N) is 1. The Balaban J connectivity index is 1.89. The van der Waals surface area contributed by atoms with E-state index < -0.39 is 0 Å². The Morgan fingerprint density at radius 3 is 3.05 bits per heavy atom. The molecule has 1 aromatic heterocycles. The molecule has 2 N–H and O–H groups in total. The molecule has 1 aliphatic heterocycles. The number of rotatable bonds is 3. The van der Waals surface area contributed by atoms with Crippen LogP contribution < -0.4 is 5.56 Å². The lowest BCUT2D eigenvalue weighted by Gasteiger charge is -2.16. The molecule has 0 aliphatic carbocycles. The summed E-state index contributed by atoms with van der Waals surface area (Å²) < 4.78 is 5.40. The smallest absolute Gasteiger partial charge is 0.259 e. The molecule has 1 unspecified atom stereocenters. The second-order valence-electron chi connectivity index (χ2n) is 5.53. The number of nitrogens with one attached hydrogen (secondary N) is 2. The summed E-state index contributed by atoms with van der Waals surface area (Å²) in [6, 6.07) is 5.02. The van der Waals surface area contributed by atoms with Crippen LogP contribution in [0.15, 0.2) is 23.0 Å². The summed E-state index contributed by atoms with van der Waals surface area (Å²) in [6.07, 6.45) is 0.954. The first kappa shape index (κ1) is 14.9. The Bertz CT molecular complexity index is 827. The normalized spacial score (nSPS) is 18.0. The largest absolute Gasteiger partial charge is 0.384 e. The molecule has 1 fully saturated rings. The number of methoxy groups -OCH3 is 1. The first-order chi connectivity index (χ1) is 10.6. The summed E-state index contributed by atoms with van der Waals surface area (Å²) in [6.45, 7) is 2.11. The summed E-state index contributed by atoms with van der Waals surface area (Å²) in [4.78, 5) is 31.6. The highest BCUT2D eigenvalue weighted by Crippen LogP contribution is 2.20. The average Bonchev–Trinajstić information content (AvgIpc) is 2.94. The zero-order valence-corrected chi connectivity index (χ0v) is 13.0. The van der Waals surface area contributed by atoms with Crippen LogP contribution in [0.1, 0.15) is 16.8 Å². The number of likely N-dealkylation sites (tertiary alicyclic amines) is 1. The summed E-state index contributed by atoms with van der Waals surface area (Å²) in [5, 5.41) is 0.490. The van der Waals surface area contributed by atoms with E-state index in [0.29, 0.717) is 35.5 Å². The van der Waals surface area contributed by atoms with Gasteiger partial charge in [0.05, 0.1) is 17.5 Å². The highest BCUT2D eigenvalue weighted by Gasteiger charge is 2.26. The van der Waals surface area contributed by atoms with Gasteiger partial charge in [-0.25, -0.2) is 0 Å². The van der Waals surface area contributed by atoms with Crippen LogP contribution in [0, 0.1) is 10.7 Å². The maximum Gasteiger partial charge on any atom is 0.259 e. The summed E-state index contributed by atoms with van der Waals surface area (Å²) in [7, 11) is 1.67. The lowest BCUT2D eigenvalue weighted by molar-refractivity contribution is 0.0775. The van der Waals surface area contributed by atoms with Crippen molar-refractivity contribution in [1.82, 2.24) is 14.9 Å². The number of hydrogen-bond acceptors (Lipinski definition) is 4. The maximum absolute atomic E-state index is 12.6. The fourth-order valence-corrected chi connectivity index (χ4v) is 3.08. The van der Waals surface area contributed by atoms with E-state index in [9.17, 15) is 9.59 Å². The molecule has 0 spiro atoms. The molecule has 1 aromatic carbocycles. The molecule has 6 nitrogen and oxygen atoms in total. The molecule has 0 radical (unpaired) electrons. The van der Waals surface area contributed by atoms with Crippen molar-refractivity contribution in [3.05, 3.63) is 38.9 Å². The van der Waals surface area contributed by atoms with E-state index in [4.69, 9.17) is 17.0 Å². The molecule has 2 heterocycles. The fourth-order valence-electron chi connectivity index (χ4n) is 2.87. The number of hydrogen-bond donors (Lipinski definition) is 2. The van der Waals surface area contributed by atoms with Crippen LogP contribution >= 0.6 is 12.2 Å². The van der Waals surface area contributed by atoms with Gasteiger partial charge in [0, 0.05) is 31.7 Å². The predicted octanol–water partition coefficient (Wildman–Crippen LogP) is 1.69. The van der Waals surface area contributed by atoms with Gasteiger partial charge in [-0.15, -0.1) is 0 Å². The average molecular weight is 319 g/mol. The SMILES string of the molecule is COCC1CCN(C(=O)c2ccc3c(=O)[nH]c(=S)[nH]c3c2)C1. The minimum absolute atomic E-state index is 0.0277. The highest BCUT2D eigenvalue weighted by atomic mass is 32.1. The number of ether oxygens (including phenoxy) is 1. The third-order valence-corrected chi connectivity index (χ3v) is 4.17. The quantitative estimate of drug-likeness (QED) is 0.844. The predicted molar refractivity (Wildman–Crippen MR) is 85.6 cm³/mol. The van der Waals surface area contributed by atoms with E-state index in [1.54, 1.807) is 25.3 Å². The number of carbonyl (C=O) groups is 1. The van der Waals surface area contributed by atoms with Crippen LogP contribution in [-0.2, 0) is 4.74 Å². The molecule has 22 heavy (non-hydrogen) atoms. The van der Waals surface area contributed by atoms with Crippen LogP contribution in [0.5, 0.6) is 0 Å². The van der Waals surface area contributed by atoms with Crippen molar-refractivity contribution >= 4 is 29.0 Å². The number of aromatic nitrogens is 2. The van der Waals surface area contributed by atoms with Gasteiger partial charge in [0.25, 0.3) is 11.5 Å². The second kappa shape index (κ2) is 6.02. The highest BCUT2D eigenvalue weighted by molar-refractivity contribution is 7.71. The zero-order valence-electron chi connectivity index (χ0n) is 12.2. The Kier molecular flexibility index (Phi) is 4.08. The van der Waals surface area contributed by atoms with Crippen LogP contribution in [-0.4, -0.2) is 47.6 Å². The van der Waals surface area contributed by atoms with Crippen molar-refractivity contribution in [2.45, 2.75) is 6.42 Å². The summed E-state index contributed by atoms with van der Waals surface area (Å²) in [5.74, 6) is 0.364. The summed E-state index contributed by atoms with van der Waals surface area (Å²) in [5.41, 5.74) is 0.883. The molecule has 0 bridgehead atoms. The van der Waals surface area contributed by atoms with Crippen molar-refractivity contribution < 1.29 is 9.53 Å². The van der Waals surface area contributed by atoms with Crippen molar-refractivity contribution in [2.75, 3.05) is 26.8 Å². The molecule has 1 amide bonds. The fraction of sp³-hybridized carbons (Fsp3) is 0.400. The van der Waals surface area contributed by atoms with Gasteiger partial charge in [0.1, 0.15) is 0 Å². The van der Waals surface area contributed by atoms with Crippen molar-refractivity contribution in [3.63, 3.8) is 0 Å². The van der Waals surface area contributed by atoms with Crippen molar-refractivity contribution in [1.29, 1.82) is 0 Å². The number of fused-ring (bicyclic) bond motifs is 1. The minimum atomic E-state index is -0.251. The van der Waals surface area contributed by atoms with Crippen LogP contribution in [0.2, 0.25) is 0 Å². The second-order valence-corrected chi connectivity index (χ2v) is 5.94. The Hall–Kier alpha value is -1.99. The van der Waals surface area contributed by atoms with Gasteiger partial charge in [-0.2, -0.15) is 0 Å². The van der Waals surface area contributed by atoms with E-state index in [1.807, 2.05) is 4.90 Å². The van der Waals surface area contributed by atoms with E-state index in [2.05, 4.69) is 9.97 Å². The van der Waals surface area contributed by atoms with Crippen LogP contribution in [0.4, 0.5) is 0 Å². The molecule has 0 saturated carbocycles. The molecule has 1 saturated heterocycles. The lowest BCUT2D eigenvalue weighted by Crippen LogP contribution is -2.29. The van der Waals surface area contributed by atoms with Gasteiger partial charge in [-0.1, -0.05) is 0 Å². The lowest BCUT2D eigenvalue weighted by atomic mass is 10.1.